The molecule has 0 aliphatic carbocycles. The van der Waals surface area contributed by atoms with Gasteiger partial charge in [0, 0.05) is 37.0 Å². The van der Waals surface area contributed by atoms with E-state index in [9.17, 15) is 10.1 Å². The van der Waals surface area contributed by atoms with E-state index in [4.69, 9.17) is 0 Å². The number of aryl methyl sites for hydroxylation is 1. The van der Waals surface area contributed by atoms with Crippen LogP contribution in [0.3, 0.4) is 0 Å². The minimum Gasteiger partial charge on any atom is -0.357 e. The SMILES string of the molecule is CCNC(=NCc1ccc([N+](=O)[O-])cc1)NCCc1csc(C)n1. The zero-order valence-corrected chi connectivity index (χ0v) is 14.6. The fourth-order valence-electron chi connectivity index (χ4n) is 2.07. The number of nitro benzene ring substituents is 1. The van der Waals surface area contributed by atoms with Gasteiger partial charge < -0.3 is 10.6 Å². The third kappa shape index (κ3) is 5.62. The Bertz CT molecular complexity index is 697. The molecular weight excluding hydrogens is 326 g/mol. The Kier molecular flexibility index (Phi) is 6.68. The summed E-state index contributed by atoms with van der Waals surface area (Å²) in [5.74, 6) is 0.725. The molecule has 0 saturated carbocycles. The number of benzene rings is 1. The van der Waals surface area contributed by atoms with Crippen molar-refractivity contribution >= 4 is 23.0 Å². The first-order valence-corrected chi connectivity index (χ1v) is 8.63. The number of guanidine groups is 1. The first-order chi connectivity index (χ1) is 11.6. The molecule has 0 fully saturated rings. The first-order valence-electron chi connectivity index (χ1n) is 7.75. The van der Waals surface area contributed by atoms with Crippen molar-refractivity contribution < 1.29 is 4.92 Å². The molecule has 1 heterocycles. The third-order valence-electron chi connectivity index (χ3n) is 3.25. The molecule has 24 heavy (non-hydrogen) atoms. The van der Waals surface area contributed by atoms with Crippen LogP contribution in [0.2, 0.25) is 0 Å². The van der Waals surface area contributed by atoms with Gasteiger partial charge in [-0.1, -0.05) is 12.1 Å². The molecule has 7 nitrogen and oxygen atoms in total. The van der Waals surface area contributed by atoms with Gasteiger partial charge in [-0.3, -0.25) is 10.1 Å². The number of nitrogens with one attached hydrogen (secondary N) is 2. The molecule has 1 aromatic heterocycles. The van der Waals surface area contributed by atoms with Gasteiger partial charge in [-0.2, -0.15) is 0 Å². The Morgan fingerprint density at radius 1 is 1.33 bits per heavy atom. The predicted molar refractivity (Wildman–Crippen MR) is 96.5 cm³/mol. The summed E-state index contributed by atoms with van der Waals surface area (Å²) in [6, 6.07) is 6.44. The Balaban J connectivity index is 1.88. The molecule has 128 valence electrons. The molecule has 0 atom stereocenters. The molecule has 0 amide bonds. The van der Waals surface area contributed by atoms with Crippen molar-refractivity contribution in [3.8, 4) is 0 Å². The van der Waals surface area contributed by atoms with Crippen LogP contribution in [0.15, 0.2) is 34.6 Å². The van der Waals surface area contributed by atoms with Crippen molar-refractivity contribution in [3.05, 3.63) is 56.0 Å². The number of hydrogen-bond donors (Lipinski definition) is 2. The zero-order chi connectivity index (χ0) is 17.4. The number of rotatable bonds is 7. The maximum absolute atomic E-state index is 10.7. The standard InChI is InChI=1S/C16H21N5O2S/c1-3-17-16(18-9-8-14-11-24-12(2)20-14)19-10-13-4-6-15(7-5-13)21(22)23/h4-7,11H,3,8-10H2,1-2H3,(H2,17,18,19). The van der Waals surface area contributed by atoms with E-state index in [0.717, 1.165) is 41.7 Å². The lowest BCUT2D eigenvalue weighted by atomic mass is 10.2. The van der Waals surface area contributed by atoms with Gasteiger partial charge in [0.15, 0.2) is 5.96 Å². The van der Waals surface area contributed by atoms with E-state index < -0.39 is 4.92 Å². The average molecular weight is 347 g/mol. The van der Waals surface area contributed by atoms with Crippen molar-refractivity contribution in [1.29, 1.82) is 0 Å². The van der Waals surface area contributed by atoms with Crippen LogP contribution in [0.4, 0.5) is 5.69 Å². The summed E-state index contributed by atoms with van der Waals surface area (Å²) in [5, 5.41) is 20.3. The maximum Gasteiger partial charge on any atom is 0.269 e. The molecule has 0 spiro atoms. The Labute approximate surface area is 145 Å². The highest BCUT2D eigenvalue weighted by molar-refractivity contribution is 7.09. The number of aliphatic imine (C=N–C) groups is 1. The van der Waals surface area contributed by atoms with Crippen molar-refractivity contribution in [2.75, 3.05) is 13.1 Å². The van der Waals surface area contributed by atoms with Crippen molar-refractivity contribution in [2.24, 2.45) is 4.99 Å². The summed E-state index contributed by atoms with van der Waals surface area (Å²) >= 11 is 1.65. The average Bonchev–Trinajstić information content (AvgIpc) is 2.98. The Hall–Kier alpha value is -2.48. The van der Waals surface area contributed by atoms with Gasteiger partial charge in [0.2, 0.25) is 0 Å². The molecule has 2 rings (SSSR count). The quantitative estimate of drug-likeness (QED) is 0.348. The van der Waals surface area contributed by atoms with Crippen LogP contribution in [0.1, 0.15) is 23.2 Å². The summed E-state index contributed by atoms with van der Waals surface area (Å²) < 4.78 is 0. The number of thiazole rings is 1. The van der Waals surface area contributed by atoms with Gasteiger partial charge in [0.05, 0.1) is 22.2 Å². The van der Waals surface area contributed by atoms with Crippen LogP contribution in [0.5, 0.6) is 0 Å². The normalized spacial score (nSPS) is 11.3. The summed E-state index contributed by atoms with van der Waals surface area (Å²) in [5.41, 5.74) is 2.09. The molecule has 0 aliphatic rings. The van der Waals surface area contributed by atoms with E-state index >= 15 is 0 Å². The predicted octanol–water partition coefficient (Wildman–Crippen LogP) is 2.66. The minimum absolute atomic E-state index is 0.0892. The molecule has 0 bridgehead atoms. The largest absolute Gasteiger partial charge is 0.357 e. The lowest BCUT2D eigenvalue weighted by Gasteiger charge is -2.10. The second-order valence-electron chi connectivity index (χ2n) is 5.15. The van der Waals surface area contributed by atoms with Crippen LogP contribution in [0, 0.1) is 17.0 Å². The smallest absolute Gasteiger partial charge is 0.269 e. The van der Waals surface area contributed by atoms with Gasteiger partial charge in [0.25, 0.3) is 5.69 Å². The molecule has 0 saturated heterocycles. The maximum atomic E-state index is 10.7. The van der Waals surface area contributed by atoms with Crippen LogP contribution >= 0.6 is 11.3 Å². The molecule has 2 aromatic rings. The topological polar surface area (TPSA) is 92.5 Å². The van der Waals surface area contributed by atoms with Crippen molar-refractivity contribution in [2.45, 2.75) is 26.8 Å². The van der Waals surface area contributed by atoms with E-state index in [2.05, 4.69) is 26.0 Å². The number of non-ortho nitro benzene ring substituents is 1. The van der Waals surface area contributed by atoms with E-state index in [0.29, 0.717) is 6.54 Å². The van der Waals surface area contributed by atoms with Crippen molar-refractivity contribution in [3.63, 3.8) is 0 Å². The molecule has 8 heteroatoms. The van der Waals surface area contributed by atoms with Gasteiger partial charge >= 0.3 is 0 Å². The van der Waals surface area contributed by atoms with Crippen molar-refractivity contribution in [1.82, 2.24) is 15.6 Å². The fraction of sp³-hybridized carbons (Fsp3) is 0.375. The highest BCUT2D eigenvalue weighted by Gasteiger charge is 2.04. The Morgan fingerprint density at radius 3 is 2.67 bits per heavy atom. The molecule has 2 N–H and O–H groups in total. The number of hydrogen-bond acceptors (Lipinski definition) is 5. The van der Waals surface area contributed by atoms with Crippen LogP contribution < -0.4 is 10.6 Å². The van der Waals surface area contributed by atoms with Crippen LogP contribution in [-0.4, -0.2) is 29.0 Å². The first kappa shape index (κ1) is 17.9. The zero-order valence-electron chi connectivity index (χ0n) is 13.8. The fourth-order valence-corrected chi connectivity index (χ4v) is 2.71. The van der Waals surface area contributed by atoms with Crippen LogP contribution in [-0.2, 0) is 13.0 Å². The molecular formula is C16H21N5O2S. The summed E-state index contributed by atoms with van der Waals surface area (Å²) in [7, 11) is 0. The number of aromatic nitrogens is 1. The molecule has 0 radical (unpaired) electrons. The Morgan fingerprint density at radius 2 is 2.08 bits per heavy atom. The van der Waals surface area contributed by atoms with Gasteiger partial charge in [-0.25, -0.2) is 9.98 Å². The molecule has 1 aromatic carbocycles. The van der Waals surface area contributed by atoms with Gasteiger partial charge in [-0.15, -0.1) is 11.3 Å². The van der Waals surface area contributed by atoms with E-state index in [1.807, 2.05) is 13.8 Å². The van der Waals surface area contributed by atoms with E-state index in [1.54, 1.807) is 23.5 Å². The second kappa shape index (κ2) is 8.97. The van der Waals surface area contributed by atoms with E-state index in [-0.39, 0.29) is 5.69 Å². The summed E-state index contributed by atoms with van der Waals surface area (Å²) in [4.78, 5) is 19.2. The molecule has 0 aliphatic heterocycles. The third-order valence-corrected chi connectivity index (χ3v) is 4.07. The van der Waals surface area contributed by atoms with Crippen LogP contribution in [0.25, 0.3) is 0 Å². The lowest BCUT2D eigenvalue weighted by molar-refractivity contribution is -0.384. The highest BCUT2D eigenvalue weighted by atomic mass is 32.1. The summed E-state index contributed by atoms with van der Waals surface area (Å²) in [6.45, 7) is 5.98. The second-order valence-corrected chi connectivity index (χ2v) is 6.22. The monoisotopic (exact) mass is 347 g/mol. The molecule has 0 unspecified atom stereocenters. The lowest BCUT2D eigenvalue weighted by Crippen LogP contribution is -2.38. The number of nitro groups is 1. The van der Waals surface area contributed by atoms with Gasteiger partial charge in [0.1, 0.15) is 0 Å². The highest BCUT2D eigenvalue weighted by Crippen LogP contribution is 2.12. The minimum atomic E-state index is -0.404. The number of nitrogens with zero attached hydrogens (tertiary/aromatic N) is 3. The van der Waals surface area contributed by atoms with E-state index in [1.165, 1.54) is 12.1 Å². The summed E-state index contributed by atoms with van der Waals surface area (Å²) in [6.07, 6.45) is 0.840. The van der Waals surface area contributed by atoms with Gasteiger partial charge in [-0.05, 0) is 19.4 Å².